The van der Waals surface area contributed by atoms with Gasteiger partial charge in [0.15, 0.2) is 0 Å². The van der Waals surface area contributed by atoms with E-state index in [-0.39, 0.29) is 0 Å². The van der Waals surface area contributed by atoms with Crippen LogP contribution in [0, 0.1) is 6.92 Å². The molecule has 0 saturated carbocycles. The zero-order chi connectivity index (χ0) is 12.4. The van der Waals surface area contributed by atoms with Crippen LogP contribution in [0.4, 0.5) is 5.69 Å². The zero-order valence-electron chi connectivity index (χ0n) is 10.3. The fourth-order valence-corrected chi connectivity index (χ4v) is 2.20. The number of para-hydroxylation sites is 1. The number of aromatic nitrogens is 2. The van der Waals surface area contributed by atoms with Gasteiger partial charge in [-0.3, -0.25) is 0 Å². The fraction of sp³-hybridized carbons (Fsp3) is 0.385. The summed E-state index contributed by atoms with van der Waals surface area (Å²) in [6.07, 6.45) is 1.14. The van der Waals surface area contributed by atoms with E-state index in [0.717, 1.165) is 30.8 Å². The maximum Gasteiger partial charge on any atom is 0.249 e. The van der Waals surface area contributed by atoms with E-state index in [1.165, 1.54) is 0 Å². The van der Waals surface area contributed by atoms with Crippen LogP contribution in [0.2, 0.25) is 0 Å². The summed E-state index contributed by atoms with van der Waals surface area (Å²) in [5, 5.41) is 14.8. The molecular formula is C13H16N4O. The molecule has 1 aliphatic rings. The zero-order valence-corrected chi connectivity index (χ0v) is 10.3. The number of nitrogens with one attached hydrogen (secondary N) is 2. The van der Waals surface area contributed by atoms with Gasteiger partial charge in [0.1, 0.15) is 0 Å². The van der Waals surface area contributed by atoms with E-state index in [2.05, 4.69) is 20.8 Å². The van der Waals surface area contributed by atoms with Gasteiger partial charge in [-0.25, -0.2) is 0 Å². The highest BCUT2D eigenvalue weighted by atomic mass is 16.4. The van der Waals surface area contributed by atoms with Crippen molar-refractivity contribution in [2.24, 2.45) is 0 Å². The van der Waals surface area contributed by atoms with Crippen LogP contribution in [0.3, 0.4) is 0 Å². The van der Waals surface area contributed by atoms with Gasteiger partial charge in [-0.05, 0) is 25.1 Å². The molecule has 1 fully saturated rings. The molecule has 1 aromatic carbocycles. The van der Waals surface area contributed by atoms with Gasteiger partial charge in [-0.2, -0.15) is 0 Å². The van der Waals surface area contributed by atoms with Crippen LogP contribution in [0.1, 0.15) is 12.3 Å². The summed E-state index contributed by atoms with van der Waals surface area (Å²) in [4.78, 5) is 0. The van der Waals surface area contributed by atoms with Crippen molar-refractivity contribution in [3.8, 4) is 11.5 Å². The van der Waals surface area contributed by atoms with E-state index in [1.807, 2.05) is 24.3 Å². The maximum atomic E-state index is 5.50. The van der Waals surface area contributed by atoms with Gasteiger partial charge in [0, 0.05) is 25.2 Å². The molecule has 2 aromatic rings. The van der Waals surface area contributed by atoms with Crippen LogP contribution in [0.5, 0.6) is 0 Å². The third-order valence-corrected chi connectivity index (χ3v) is 3.10. The molecule has 0 spiro atoms. The molecule has 1 atom stereocenters. The highest BCUT2D eigenvalue weighted by molar-refractivity contribution is 5.72. The molecule has 0 aliphatic carbocycles. The minimum atomic E-state index is 0.468. The van der Waals surface area contributed by atoms with Crippen molar-refractivity contribution >= 4 is 5.69 Å². The third-order valence-electron chi connectivity index (χ3n) is 3.10. The van der Waals surface area contributed by atoms with Crippen LogP contribution in [-0.2, 0) is 0 Å². The SMILES string of the molecule is Cc1nnc(-c2ccccc2NC2CCNC2)o1. The van der Waals surface area contributed by atoms with Crippen molar-refractivity contribution in [3.63, 3.8) is 0 Å². The lowest BCUT2D eigenvalue weighted by atomic mass is 10.1. The Morgan fingerprint density at radius 3 is 2.94 bits per heavy atom. The van der Waals surface area contributed by atoms with E-state index in [0.29, 0.717) is 17.8 Å². The van der Waals surface area contributed by atoms with Crippen molar-refractivity contribution in [1.82, 2.24) is 15.5 Å². The lowest BCUT2D eigenvalue weighted by Crippen LogP contribution is -2.22. The Kier molecular flexibility index (Phi) is 2.98. The summed E-state index contributed by atoms with van der Waals surface area (Å²) in [6, 6.07) is 8.50. The number of hydrogen-bond acceptors (Lipinski definition) is 5. The van der Waals surface area contributed by atoms with Gasteiger partial charge < -0.3 is 15.1 Å². The topological polar surface area (TPSA) is 63.0 Å². The van der Waals surface area contributed by atoms with Crippen LogP contribution < -0.4 is 10.6 Å². The molecule has 5 nitrogen and oxygen atoms in total. The highest BCUT2D eigenvalue weighted by Gasteiger charge is 2.17. The minimum Gasteiger partial charge on any atom is -0.421 e. The van der Waals surface area contributed by atoms with Gasteiger partial charge >= 0.3 is 0 Å². The molecule has 18 heavy (non-hydrogen) atoms. The summed E-state index contributed by atoms with van der Waals surface area (Å²) >= 11 is 0. The maximum absolute atomic E-state index is 5.50. The molecule has 1 unspecified atom stereocenters. The summed E-state index contributed by atoms with van der Waals surface area (Å²) in [5.74, 6) is 1.16. The average Bonchev–Trinajstić information content (AvgIpc) is 3.02. The summed E-state index contributed by atoms with van der Waals surface area (Å²) < 4.78 is 5.50. The summed E-state index contributed by atoms with van der Waals surface area (Å²) in [7, 11) is 0. The van der Waals surface area contributed by atoms with Gasteiger partial charge in [0.2, 0.25) is 11.8 Å². The predicted molar refractivity (Wildman–Crippen MR) is 69.4 cm³/mol. The molecule has 1 aromatic heterocycles. The third kappa shape index (κ3) is 2.22. The number of hydrogen-bond donors (Lipinski definition) is 2. The molecule has 2 heterocycles. The monoisotopic (exact) mass is 244 g/mol. The number of anilines is 1. The second kappa shape index (κ2) is 4.78. The first-order valence-corrected chi connectivity index (χ1v) is 6.20. The predicted octanol–water partition coefficient (Wildman–Crippen LogP) is 1.82. The first kappa shape index (κ1) is 11.2. The number of rotatable bonds is 3. The lowest BCUT2D eigenvalue weighted by Gasteiger charge is -2.14. The molecule has 1 aliphatic heterocycles. The normalized spacial score (nSPS) is 19.1. The van der Waals surface area contributed by atoms with Crippen molar-refractivity contribution in [2.75, 3.05) is 18.4 Å². The molecule has 5 heteroatoms. The van der Waals surface area contributed by atoms with Crippen molar-refractivity contribution in [3.05, 3.63) is 30.2 Å². The van der Waals surface area contributed by atoms with Crippen molar-refractivity contribution < 1.29 is 4.42 Å². The summed E-state index contributed by atoms with van der Waals surface area (Å²) in [6.45, 7) is 3.87. The minimum absolute atomic E-state index is 0.468. The lowest BCUT2D eigenvalue weighted by molar-refractivity contribution is 0.533. The van der Waals surface area contributed by atoms with Gasteiger partial charge in [0.05, 0.1) is 5.56 Å². The Morgan fingerprint density at radius 1 is 1.33 bits per heavy atom. The second-order valence-corrected chi connectivity index (χ2v) is 4.51. The highest BCUT2D eigenvalue weighted by Crippen LogP contribution is 2.27. The van der Waals surface area contributed by atoms with E-state index in [1.54, 1.807) is 6.92 Å². The molecule has 94 valence electrons. The Morgan fingerprint density at radius 2 is 2.22 bits per heavy atom. The Labute approximate surface area is 106 Å². The average molecular weight is 244 g/mol. The molecule has 3 rings (SSSR count). The van der Waals surface area contributed by atoms with Crippen LogP contribution in [-0.4, -0.2) is 29.3 Å². The van der Waals surface area contributed by atoms with Crippen LogP contribution in [0.15, 0.2) is 28.7 Å². The molecule has 1 saturated heterocycles. The molecular weight excluding hydrogens is 228 g/mol. The van der Waals surface area contributed by atoms with E-state index in [9.17, 15) is 0 Å². The number of nitrogens with zero attached hydrogens (tertiary/aromatic N) is 2. The van der Waals surface area contributed by atoms with Crippen molar-refractivity contribution in [1.29, 1.82) is 0 Å². The summed E-state index contributed by atoms with van der Waals surface area (Å²) in [5.41, 5.74) is 2.01. The van der Waals surface area contributed by atoms with E-state index in [4.69, 9.17) is 4.42 Å². The number of aryl methyl sites for hydroxylation is 1. The van der Waals surface area contributed by atoms with Crippen LogP contribution >= 0.6 is 0 Å². The second-order valence-electron chi connectivity index (χ2n) is 4.51. The Balaban J connectivity index is 1.89. The number of benzene rings is 1. The van der Waals surface area contributed by atoms with E-state index < -0.39 is 0 Å². The molecule has 0 amide bonds. The van der Waals surface area contributed by atoms with Crippen LogP contribution in [0.25, 0.3) is 11.5 Å². The quantitative estimate of drug-likeness (QED) is 0.862. The first-order valence-electron chi connectivity index (χ1n) is 6.20. The fourth-order valence-electron chi connectivity index (χ4n) is 2.20. The Hall–Kier alpha value is -1.88. The smallest absolute Gasteiger partial charge is 0.249 e. The van der Waals surface area contributed by atoms with Gasteiger partial charge in [-0.15, -0.1) is 10.2 Å². The Bertz CT molecular complexity index is 531. The molecule has 0 bridgehead atoms. The van der Waals surface area contributed by atoms with Gasteiger partial charge in [0.25, 0.3) is 0 Å². The molecule has 0 radical (unpaired) electrons. The molecule has 2 N–H and O–H groups in total. The van der Waals surface area contributed by atoms with Crippen molar-refractivity contribution in [2.45, 2.75) is 19.4 Å². The standard InChI is InChI=1S/C13H16N4O/c1-9-16-17-13(18-9)11-4-2-3-5-12(11)15-10-6-7-14-8-10/h2-5,10,14-15H,6-8H2,1H3. The first-order chi connectivity index (χ1) is 8.83. The van der Waals surface area contributed by atoms with E-state index >= 15 is 0 Å². The van der Waals surface area contributed by atoms with Gasteiger partial charge in [-0.1, -0.05) is 12.1 Å². The largest absolute Gasteiger partial charge is 0.421 e.